The Morgan fingerprint density at radius 2 is 0.965 bits per heavy atom. The van der Waals surface area contributed by atoms with Crippen LogP contribution in [0.25, 0.3) is 105 Å². The molecule has 0 bridgehead atoms. The number of aryl methyl sites for hydroxylation is 5. The fraction of sp³-hybridized carbons (Fsp3) is 0.146. The molecule has 12 aromatic rings. The molecule has 0 spiro atoms. The van der Waals surface area contributed by atoms with Gasteiger partial charge in [-0.3, -0.25) is 0 Å². The molecule has 86 heavy (non-hydrogen) atoms. The van der Waals surface area contributed by atoms with Gasteiger partial charge in [-0.2, -0.15) is 0 Å². The van der Waals surface area contributed by atoms with E-state index in [1.165, 1.54) is 135 Å². The van der Waals surface area contributed by atoms with E-state index >= 15 is 0 Å². The van der Waals surface area contributed by atoms with Gasteiger partial charge >= 0.3 is 0 Å². The lowest BCUT2D eigenvalue weighted by molar-refractivity contribution is 0.793. The Labute approximate surface area is 506 Å². The first-order chi connectivity index (χ1) is 42.2. The normalized spacial score (nSPS) is 14.6. The first kappa shape index (κ1) is 55.3. The topological polar surface area (TPSA) is 35.6 Å². The molecule has 16 rings (SSSR count). The minimum atomic E-state index is 0.401. The van der Waals surface area contributed by atoms with Crippen LogP contribution in [0.2, 0.25) is 0 Å². The van der Waals surface area contributed by atoms with Crippen molar-refractivity contribution in [3.05, 3.63) is 305 Å². The highest BCUT2D eigenvalue weighted by Gasteiger charge is 2.36. The van der Waals surface area contributed by atoms with Gasteiger partial charge in [0.15, 0.2) is 5.82 Å². The van der Waals surface area contributed by atoms with Crippen LogP contribution in [0.15, 0.2) is 260 Å². The second kappa shape index (κ2) is 23.6. The predicted molar refractivity (Wildman–Crippen MR) is 367 cm³/mol. The number of allylic oxidation sites excluding steroid dienone is 12. The van der Waals surface area contributed by atoms with Crippen LogP contribution >= 0.6 is 0 Å². The fourth-order valence-electron chi connectivity index (χ4n) is 13.2. The Morgan fingerprint density at radius 3 is 1.63 bits per heavy atom. The second-order valence-electron chi connectivity index (χ2n) is 23.1. The summed E-state index contributed by atoms with van der Waals surface area (Å²) in [4.78, 5) is 10.6. The molecular formula is C82H72N4. The minimum absolute atomic E-state index is 0.401. The predicted octanol–water partition coefficient (Wildman–Crippen LogP) is 22.0. The van der Waals surface area contributed by atoms with Crippen LogP contribution in [0, 0.1) is 40.5 Å². The molecule has 9 aromatic carbocycles. The summed E-state index contributed by atoms with van der Waals surface area (Å²) in [5.41, 5.74) is 30.0. The largest absolute Gasteiger partial charge is 0.309 e. The fourth-order valence-corrected chi connectivity index (χ4v) is 13.2. The van der Waals surface area contributed by atoms with Gasteiger partial charge in [0, 0.05) is 61.1 Å². The van der Waals surface area contributed by atoms with Crippen LogP contribution in [-0.2, 0) is 0 Å². The molecule has 1 atom stereocenters. The minimum Gasteiger partial charge on any atom is -0.309 e. The van der Waals surface area contributed by atoms with E-state index in [4.69, 9.17) is 9.97 Å². The molecule has 0 radical (unpaired) electrons. The molecule has 0 fully saturated rings. The summed E-state index contributed by atoms with van der Waals surface area (Å²) in [5.74, 6) is 1.16. The molecule has 3 heterocycles. The maximum Gasteiger partial charge on any atom is 0.160 e. The van der Waals surface area contributed by atoms with Crippen molar-refractivity contribution in [3.63, 3.8) is 0 Å². The number of hydrogen-bond donors (Lipinski definition) is 0. The SMILES string of the molecule is CC.CC1=C(c2ccccc2C)C=CCC1.Cc1ccc(-c2nc(-c3ccc(-n4c5ccccc5c5cc(C)ccc54)cc3)nc3c2C2=CC=CC4CC=CC3=C24)cc1.Cc1ccccc1-c1cc(-n2c3ccccc3c3ccccc32)ccc1C. The summed E-state index contributed by atoms with van der Waals surface area (Å²) >= 11 is 0. The maximum absolute atomic E-state index is 5.29. The van der Waals surface area contributed by atoms with Crippen molar-refractivity contribution in [2.24, 2.45) is 5.92 Å². The Balaban J connectivity index is 0.000000135. The Bertz CT molecular complexity index is 4740. The molecule has 0 saturated heterocycles. The van der Waals surface area contributed by atoms with Gasteiger partial charge in [0.05, 0.1) is 33.5 Å². The van der Waals surface area contributed by atoms with Crippen molar-refractivity contribution in [3.8, 4) is 45.1 Å². The van der Waals surface area contributed by atoms with Gasteiger partial charge in [0.2, 0.25) is 0 Å². The number of aromatic nitrogens is 4. The highest BCUT2D eigenvalue weighted by atomic mass is 15.0. The summed E-state index contributed by atoms with van der Waals surface area (Å²) in [6.07, 6.45) is 19.3. The van der Waals surface area contributed by atoms with Crippen molar-refractivity contribution in [2.75, 3.05) is 0 Å². The van der Waals surface area contributed by atoms with Gasteiger partial charge in [-0.15, -0.1) is 0 Å². The molecule has 4 aliphatic rings. The van der Waals surface area contributed by atoms with Gasteiger partial charge in [-0.1, -0.05) is 213 Å². The number of nitrogens with zero attached hydrogens (tertiary/aromatic N) is 4. The number of hydrogen-bond acceptors (Lipinski definition) is 2. The summed E-state index contributed by atoms with van der Waals surface area (Å²) < 4.78 is 4.74. The molecule has 0 aliphatic heterocycles. The van der Waals surface area contributed by atoms with E-state index in [2.05, 4.69) is 299 Å². The number of para-hydroxylation sites is 3. The first-order valence-electron chi connectivity index (χ1n) is 30.6. The van der Waals surface area contributed by atoms with Crippen molar-refractivity contribution in [1.29, 1.82) is 0 Å². The summed E-state index contributed by atoms with van der Waals surface area (Å²) in [7, 11) is 0. The van der Waals surface area contributed by atoms with Gasteiger partial charge in [0.1, 0.15) is 0 Å². The van der Waals surface area contributed by atoms with Gasteiger partial charge < -0.3 is 9.13 Å². The highest BCUT2D eigenvalue weighted by molar-refractivity contribution is 6.11. The molecule has 4 aliphatic carbocycles. The van der Waals surface area contributed by atoms with E-state index in [1.54, 1.807) is 0 Å². The van der Waals surface area contributed by atoms with E-state index in [0.29, 0.717) is 5.92 Å². The molecule has 4 heteroatoms. The second-order valence-corrected chi connectivity index (χ2v) is 23.1. The molecule has 4 nitrogen and oxygen atoms in total. The smallest absolute Gasteiger partial charge is 0.160 e. The van der Waals surface area contributed by atoms with E-state index in [0.717, 1.165) is 46.0 Å². The van der Waals surface area contributed by atoms with Crippen molar-refractivity contribution in [1.82, 2.24) is 19.1 Å². The third kappa shape index (κ3) is 10.1. The van der Waals surface area contributed by atoms with Crippen LogP contribution in [-0.4, -0.2) is 19.1 Å². The van der Waals surface area contributed by atoms with Gasteiger partial charge in [0.25, 0.3) is 0 Å². The zero-order valence-corrected chi connectivity index (χ0v) is 50.7. The molecule has 0 N–H and O–H groups in total. The quantitative estimate of drug-likeness (QED) is 0.166. The molecule has 420 valence electrons. The van der Waals surface area contributed by atoms with Crippen LogP contribution in [0.5, 0.6) is 0 Å². The third-order valence-electron chi connectivity index (χ3n) is 17.6. The standard InChI is InChI=1S/C40H29N3.C26H21N.C14H16.C2H6/c1-24-13-16-27(17-14-24)38-37-31-10-5-7-26-8-6-11-32(36(26)31)39(37)42-40(41-38)28-18-20-29(21-19-28)43-34-12-4-3-9-30(34)33-23-25(2)15-22-35(33)43;1-18-9-3-4-10-21(18)24-17-20(16-15-19(24)2)27-25-13-7-5-11-22(25)23-12-6-8-14-26(23)27;1-11-7-3-5-9-13(11)14-10-6-4-8-12(14)2;1-2/h3-7,9-23,26H,8H2,1-2H3;3-17H,1-2H3;3,5-7,9-10H,4,8H2,1-2H3;1-2H3. The lowest BCUT2D eigenvalue weighted by Crippen LogP contribution is -2.06. The average molecular weight is 1110 g/mol. The maximum atomic E-state index is 5.29. The molecule has 0 amide bonds. The Hall–Kier alpha value is -9.90. The van der Waals surface area contributed by atoms with E-state index < -0.39 is 0 Å². The van der Waals surface area contributed by atoms with E-state index in [-0.39, 0.29) is 0 Å². The number of fused-ring (bicyclic) bond motifs is 9. The van der Waals surface area contributed by atoms with Gasteiger partial charge in [-0.25, -0.2) is 9.97 Å². The van der Waals surface area contributed by atoms with Crippen molar-refractivity contribution >= 4 is 60.3 Å². The van der Waals surface area contributed by atoms with Crippen LogP contribution < -0.4 is 0 Å². The summed E-state index contributed by atoms with van der Waals surface area (Å²) in [6.45, 7) is 17.1. The van der Waals surface area contributed by atoms with Crippen molar-refractivity contribution in [2.45, 2.75) is 74.7 Å². The van der Waals surface area contributed by atoms with Crippen LogP contribution in [0.4, 0.5) is 0 Å². The zero-order chi connectivity index (χ0) is 59.0. The lowest BCUT2D eigenvalue weighted by atomic mass is 9.82. The van der Waals surface area contributed by atoms with Crippen LogP contribution in [0.1, 0.15) is 84.7 Å². The van der Waals surface area contributed by atoms with Crippen LogP contribution in [0.3, 0.4) is 0 Å². The molecule has 3 aromatic heterocycles. The van der Waals surface area contributed by atoms with Gasteiger partial charge in [-0.05, 0) is 178 Å². The monoisotopic (exact) mass is 1110 g/mol. The molecule has 1 unspecified atom stereocenters. The average Bonchev–Trinajstić information content (AvgIpc) is 1.76. The highest BCUT2D eigenvalue weighted by Crippen LogP contribution is 2.52. The summed E-state index contributed by atoms with van der Waals surface area (Å²) in [6, 6.07) is 74.2. The Morgan fingerprint density at radius 1 is 0.430 bits per heavy atom. The zero-order valence-electron chi connectivity index (χ0n) is 50.7. The lowest BCUT2D eigenvalue weighted by Gasteiger charge is -2.22. The molecule has 0 saturated carbocycles. The molecular weight excluding hydrogens is 1040 g/mol. The van der Waals surface area contributed by atoms with Crippen molar-refractivity contribution < 1.29 is 0 Å². The number of rotatable bonds is 6. The first-order valence-corrected chi connectivity index (χ1v) is 30.6. The number of benzene rings is 9. The van der Waals surface area contributed by atoms with E-state index in [9.17, 15) is 0 Å². The Kier molecular flexibility index (Phi) is 15.2. The summed E-state index contributed by atoms with van der Waals surface area (Å²) in [5, 5.41) is 5.15. The third-order valence-corrected chi connectivity index (χ3v) is 17.6. The van der Waals surface area contributed by atoms with E-state index in [1.807, 2.05) is 13.8 Å².